The van der Waals surface area contributed by atoms with E-state index in [0.29, 0.717) is 0 Å². The van der Waals surface area contributed by atoms with Crippen molar-refractivity contribution in [2.75, 3.05) is 33.7 Å². The SMILES string of the molecule is CCN.CN(C)CCCN.Cl. The van der Waals surface area contributed by atoms with Crippen molar-refractivity contribution >= 4 is 12.4 Å². The van der Waals surface area contributed by atoms with Crippen molar-refractivity contribution in [3.8, 4) is 0 Å². The molecular weight excluding hydrogens is 162 g/mol. The Morgan fingerprint density at radius 1 is 1.18 bits per heavy atom. The van der Waals surface area contributed by atoms with Crippen molar-refractivity contribution in [2.24, 2.45) is 11.5 Å². The van der Waals surface area contributed by atoms with Crippen LogP contribution in [0.15, 0.2) is 0 Å². The summed E-state index contributed by atoms with van der Waals surface area (Å²) in [5, 5.41) is 0. The molecule has 0 aromatic carbocycles. The van der Waals surface area contributed by atoms with Crippen LogP contribution in [0.25, 0.3) is 0 Å². The van der Waals surface area contributed by atoms with E-state index in [1.54, 1.807) is 0 Å². The van der Waals surface area contributed by atoms with Crippen LogP contribution in [0.5, 0.6) is 0 Å². The average Bonchev–Trinajstić information content (AvgIpc) is 1.85. The average molecular weight is 184 g/mol. The molecule has 0 radical (unpaired) electrons. The van der Waals surface area contributed by atoms with Gasteiger partial charge < -0.3 is 16.4 Å². The Morgan fingerprint density at radius 3 is 1.64 bits per heavy atom. The summed E-state index contributed by atoms with van der Waals surface area (Å²) >= 11 is 0. The monoisotopic (exact) mass is 183 g/mol. The third-order valence-corrected chi connectivity index (χ3v) is 0.809. The Kier molecular flexibility index (Phi) is 26.2. The first-order chi connectivity index (χ1) is 4.68. The molecule has 0 saturated carbocycles. The van der Waals surface area contributed by atoms with Crippen molar-refractivity contribution in [1.82, 2.24) is 4.90 Å². The summed E-state index contributed by atoms with van der Waals surface area (Å²) in [6, 6.07) is 0. The summed E-state index contributed by atoms with van der Waals surface area (Å²) in [5.41, 5.74) is 10.1. The second-order valence-electron chi connectivity index (χ2n) is 2.35. The van der Waals surface area contributed by atoms with E-state index in [4.69, 9.17) is 11.5 Å². The molecule has 0 amide bonds. The maximum Gasteiger partial charge on any atom is -0.00128 e. The lowest BCUT2D eigenvalue weighted by atomic mass is 10.4. The quantitative estimate of drug-likeness (QED) is 0.661. The zero-order chi connectivity index (χ0) is 8.41. The second kappa shape index (κ2) is 16.6. The van der Waals surface area contributed by atoms with E-state index < -0.39 is 0 Å². The third-order valence-electron chi connectivity index (χ3n) is 0.809. The fourth-order valence-corrected chi connectivity index (χ4v) is 0.408. The van der Waals surface area contributed by atoms with Gasteiger partial charge in [-0.25, -0.2) is 0 Å². The van der Waals surface area contributed by atoms with Crippen LogP contribution in [0, 0.1) is 0 Å². The number of hydrogen-bond donors (Lipinski definition) is 2. The van der Waals surface area contributed by atoms with Crippen LogP contribution in [0.1, 0.15) is 13.3 Å². The highest BCUT2D eigenvalue weighted by atomic mass is 35.5. The van der Waals surface area contributed by atoms with E-state index in [2.05, 4.69) is 19.0 Å². The lowest BCUT2D eigenvalue weighted by Gasteiger charge is -2.05. The zero-order valence-corrected chi connectivity index (χ0v) is 8.66. The third kappa shape index (κ3) is 39.0. The van der Waals surface area contributed by atoms with E-state index in [1.165, 1.54) is 0 Å². The molecule has 4 N–H and O–H groups in total. The minimum absolute atomic E-state index is 0. The van der Waals surface area contributed by atoms with Gasteiger partial charge in [0.05, 0.1) is 0 Å². The summed E-state index contributed by atoms with van der Waals surface area (Å²) < 4.78 is 0. The normalized spacial score (nSPS) is 8.18. The highest BCUT2D eigenvalue weighted by Gasteiger charge is 1.83. The first kappa shape index (κ1) is 17.3. The molecule has 72 valence electrons. The van der Waals surface area contributed by atoms with Crippen LogP contribution in [0.4, 0.5) is 0 Å². The van der Waals surface area contributed by atoms with Gasteiger partial charge in [0.25, 0.3) is 0 Å². The van der Waals surface area contributed by atoms with Crippen LogP contribution in [-0.2, 0) is 0 Å². The molecular formula is C7H22ClN3. The molecule has 0 aromatic heterocycles. The molecule has 11 heavy (non-hydrogen) atoms. The van der Waals surface area contributed by atoms with Gasteiger partial charge in [0.1, 0.15) is 0 Å². The predicted octanol–water partition coefficient (Wildman–Crippen LogP) is 0.284. The highest BCUT2D eigenvalue weighted by molar-refractivity contribution is 5.85. The Balaban J connectivity index is -0.000000140. The standard InChI is InChI=1S/C5H14N2.C2H7N.ClH/c1-7(2)5-3-4-6;1-2-3;/h3-6H2,1-2H3;2-3H2,1H3;1H. The van der Waals surface area contributed by atoms with E-state index in [0.717, 1.165) is 26.1 Å². The molecule has 4 heteroatoms. The molecule has 0 bridgehead atoms. The predicted molar refractivity (Wildman–Crippen MR) is 54.2 cm³/mol. The fourth-order valence-electron chi connectivity index (χ4n) is 0.408. The van der Waals surface area contributed by atoms with Gasteiger partial charge in [0, 0.05) is 0 Å². The van der Waals surface area contributed by atoms with Crippen molar-refractivity contribution < 1.29 is 0 Å². The van der Waals surface area contributed by atoms with Crippen molar-refractivity contribution in [1.29, 1.82) is 0 Å². The summed E-state index contributed by atoms with van der Waals surface area (Å²) in [5.74, 6) is 0. The largest absolute Gasteiger partial charge is 0.331 e. The number of nitrogens with zero attached hydrogens (tertiary/aromatic N) is 1. The molecule has 0 atom stereocenters. The Hall–Kier alpha value is 0.170. The highest BCUT2D eigenvalue weighted by Crippen LogP contribution is 1.76. The van der Waals surface area contributed by atoms with Crippen LogP contribution in [-0.4, -0.2) is 38.6 Å². The zero-order valence-electron chi connectivity index (χ0n) is 7.84. The Morgan fingerprint density at radius 2 is 1.55 bits per heavy atom. The summed E-state index contributed by atoms with van der Waals surface area (Å²) in [4.78, 5) is 2.13. The molecule has 0 spiro atoms. The molecule has 0 fully saturated rings. The van der Waals surface area contributed by atoms with Crippen LogP contribution >= 0.6 is 12.4 Å². The number of nitrogens with two attached hydrogens (primary N) is 2. The minimum Gasteiger partial charge on any atom is -0.331 e. The second-order valence-corrected chi connectivity index (χ2v) is 2.35. The van der Waals surface area contributed by atoms with Gasteiger partial charge in [-0.1, -0.05) is 6.92 Å². The van der Waals surface area contributed by atoms with Gasteiger partial charge in [-0.2, -0.15) is 0 Å². The molecule has 0 aliphatic rings. The van der Waals surface area contributed by atoms with Crippen LogP contribution in [0.3, 0.4) is 0 Å². The summed E-state index contributed by atoms with van der Waals surface area (Å²) in [6.45, 7) is 4.56. The van der Waals surface area contributed by atoms with Gasteiger partial charge in [0.2, 0.25) is 0 Å². The van der Waals surface area contributed by atoms with Crippen LogP contribution < -0.4 is 11.5 Å². The Labute approximate surface area is 76.5 Å². The van der Waals surface area contributed by atoms with Gasteiger partial charge in [0.15, 0.2) is 0 Å². The lowest BCUT2D eigenvalue weighted by molar-refractivity contribution is 0.403. The molecule has 0 aromatic rings. The first-order valence-electron chi connectivity index (χ1n) is 3.73. The molecule has 0 rings (SSSR count). The van der Waals surface area contributed by atoms with Gasteiger partial charge >= 0.3 is 0 Å². The topological polar surface area (TPSA) is 55.3 Å². The minimum atomic E-state index is 0. The molecule has 0 unspecified atom stereocenters. The fraction of sp³-hybridized carbons (Fsp3) is 1.00. The molecule has 3 nitrogen and oxygen atoms in total. The van der Waals surface area contributed by atoms with E-state index >= 15 is 0 Å². The van der Waals surface area contributed by atoms with E-state index in [1.807, 2.05) is 6.92 Å². The van der Waals surface area contributed by atoms with Gasteiger partial charge in [-0.15, -0.1) is 12.4 Å². The summed E-state index contributed by atoms with van der Waals surface area (Å²) in [6.07, 6.45) is 1.10. The Bertz CT molecular complexity index is 51.0. The van der Waals surface area contributed by atoms with E-state index in [9.17, 15) is 0 Å². The van der Waals surface area contributed by atoms with Crippen molar-refractivity contribution in [3.05, 3.63) is 0 Å². The molecule has 0 aliphatic carbocycles. The smallest absolute Gasteiger partial charge is 0.00128 e. The maximum absolute atomic E-state index is 5.25. The van der Waals surface area contributed by atoms with Gasteiger partial charge in [-0.05, 0) is 40.2 Å². The molecule has 0 aliphatic heterocycles. The van der Waals surface area contributed by atoms with Crippen LogP contribution in [0.2, 0.25) is 0 Å². The summed E-state index contributed by atoms with van der Waals surface area (Å²) in [7, 11) is 4.10. The number of hydrogen-bond acceptors (Lipinski definition) is 3. The lowest BCUT2D eigenvalue weighted by Crippen LogP contribution is -2.16. The molecule has 0 heterocycles. The van der Waals surface area contributed by atoms with E-state index in [-0.39, 0.29) is 12.4 Å². The number of halogens is 1. The van der Waals surface area contributed by atoms with Crippen molar-refractivity contribution in [2.45, 2.75) is 13.3 Å². The number of rotatable bonds is 3. The first-order valence-corrected chi connectivity index (χ1v) is 3.73. The molecule has 0 saturated heterocycles. The maximum atomic E-state index is 5.25. The van der Waals surface area contributed by atoms with Crippen molar-refractivity contribution in [3.63, 3.8) is 0 Å². The van der Waals surface area contributed by atoms with Gasteiger partial charge in [-0.3, -0.25) is 0 Å².